The van der Waals surface area contributed by atoms with E-state index in [4.69, 9.17) is 9.47 Å². The molecule has 1 atom stereocenters. The zero-order valence-corrected chi connectivity index (χ0v) is 13.2. The molecule has 1 aromatic heterocycles. The molecule has 118 valence electrons. The molecule has 0 aromatic carbocycles. The van der Waals surface area contributed by atoms with Gasteiger partial charge in [-0.15, -0.1) is 0 Å². The zero-order valence-electron chi connectivity index (χ0n) is 13.2. The van der Waals surface area contributed by atoms with E-state index in [0.29, 0.717) is 6.61 Å². The van der Waals surface area contributed by atoms with Gasteiger partial charge in [-0.3, -0.25) is 9.88 Å². The molecule has 2 rings (SSSR count). The number of likely N-dealkylation sites (N-methyl/N-ethyl adjacent to an activating group) is 1. The lowest BCUT2D eigenvalue weighted by atomic mass is 10.3. The molecule has 1 unspecified atom stereocenters. The van der Waals surface area contributed by atoms with Gasteiger partial charge < -0.3 is 14.8 Å². The molecule has 0 aliphatic carbocycles. The van der Waals surface area contributed by atoms with Crippen LogP contribution in [-0.4, -0.2) is 55.4 Å². The van der Waals surface area contributed by atoms with E-state index < -0.39 is 0 Å². The van der Waals surface area contributed by atoms with Crippen molar-refractivity contribution in [1.82, 2.24) is 15.2 Å². The Morgan fingerprint density at radius 1 is 1.43 bits per heavy atom. The summed E-state index contributed by atoms with van der Waals surface area (Å²) in [5.41, 5.74) is 1.04. The molecular weight excluding hydrogens is 266 g/mol. The Morgan fingerprint density at radius 2 is 2.33 bits per heavy atom. The van der Waals surface area contributed by atoms with Crippen LogP contribution in [0.25, 0.3) is 0 Å². The average Bonchev–Trinajstić information content (AvgIpc) is 2.54. The Hall–Kier alpha value is -1.17. The highest BCUT2D eigenvalue weighted by Crippen LogP contribution is 2.12. The van der Waals surface area contributed by atoms with E-state index in [1.807, 2.05) is 12.1 Å². The molecule has 0 amide bonds. The van der Waals surface area contributed by atoms with Crippen molar-refractivity contribution in [2.45, 2.75) is 32.9 Å². The SMILES string of the molecule is CCCNCc1ccc(OCC2CN(CC)CCO2)cn1. The number of hydrogen-bond donors (Lipinski definition) is 1. The third kappa shape index (κ3) is 5.61. The molecule has 21 heavy (non-hydrogen) atoms. The van der Waals surface area contributed by atoms with Crippen LogP contribution in [0, 0.1) is 0 Å². The number of rotatable bonds is 8. The maximum Gasteiger partial charge on any atom is 0.137 e. The number of ether oxygens (including phenoxy) is 2. The van der Waals surface area contributed by atoms with E-state index in [1.54, 1.807) is 6.20 Å². The second kappa shape index (κ2) is 8.97. The summed E-state index contributed by atoms with van der Waals surface area (Å²) in [6, 6.07) is 3.99. The van der Waals surface area contributed by atoms with Crippen molar-refractivity contribution < 1.29 is 9.47 Å². The summed E-state index contributed by atoms with van der Waals surface area (Å²) in [6.07, 6.45) is 3.09. The number of hydrogen-bond acceptors (Lipinski definition) is 5. The number of pyridine rings is 1. The monoisotopic (exact) mass is 293 g/mol. The van der Waals surface area contributed by atoms with Gasteiger partial charge in [0.2, 0.25) is 0 Å². The van der Waals surface area contributed by atoms with Crippen LogP contribution in [0.2, 0.25) is 0 Å². The largest absolute Gasteiger partial charge is 0.489 e. The lowest BCUT2D eigenvalue weighted by Gasteiger charge is -2.31. The van der Waals surface area contributed by atoms with E-state index in [0.717, 1.165) is 57.2 Å². The first-order valence-corrected chi connectivity index (χ1v) is 7.94. The third-order valence-corrected chi connectivity index (χ3v) is 3.64. The van der Waals surface area contributed by atoms with Gasteiger partial charge >= 0.3 is 0 Å². The highest BCUT2D eigenvalue weighted by Gasteiger charge is 2.19. The summed E-state index contributed by atoms with van der Waals surface area (Å²) in [7, 11) is 0. The van der Waals surface area contributed by atoms with Crippen LogP contribution in [0.5, 0.6) is 5.75 Å². The van der Waals surface area contributed by atoms with Gasteiger partial charge in [-0.25, -0.2) is 0 Å². The van der Waals surface area contributed by atoms with Gasteiger partial charge in [0.1, 0.15) is 18.5 Å². The Kier molecular flexibility index (Phi) is 6.92. The summed E-state index contributed by atoms with van der Waals surface area (Å²) >= 11 is 0. The fourth-order valence-corrected chi connectivity index (χ4v) is 2.35. The molecule has 0 spiro atoms. The fraction of sp³-hybridized carbons (Fsp3) is 0.688. The predicted octanol–water partition coefficient (Wildman–Crippen LogP) is 1.68. The molecule has 1 fully saturated rings. The van der Waals surface area contributed by atoms with Crippen LogP contribution < -0.4 is 10.1 Å². The van der Waals surface area contributed by atoms with E-state index in [9.17, 15) is 0 Å². The number of morpholine rings is 1. The van der Waals surface area contributed by atoms with Crippen molar-refractivity contribution in [1.29, 1.82) is 0 Å². The molecular formula is C16H27N3O2. The molecule has 2 heterocycles. The Labute approximate surface area is 127 Å². The number of nitrogens with one attached hydrogen (secondary N) is 1. The van der Waals surface area contributed by atoms with Crippen LogP contribution in [0.3, 0.4) is 0 Å². The van der Waals surface area contributed by atoms with Crippen molar-refractivity contribution >= 4 is 0 Å². The van der Waals surface area contributed by atoms with Gasteiger partial charge in [-0.1, -0.05) is 13.8 Å². The molecule has 1 aliphatic rings. The normalized spacial score (nSPS) is 19.6. The summed E-state index contributed by atoms with van der Waals surface area (Å²) in [6.45, 7) is 10.6. The van der Waals surface area contributed by atoms with Crippen molar-refractivity contribution in [3.05, 3.63) is 24.0 Å². The lowest BCUT2D eigenvalue weighted by Crippen LogP contribution is -2.44. The van der Waals surface area contributed by atoms with Gasteiger partial charge in [-0.2, -0.15) is 0 Å². The van der Waals surface area contributed by atoms with Crippen molar-refractivity contribution in [2.75, 3.05) is 39.4 Å². The van der Waals surface area contributed by atoms with Crippen molar-refractivity contribution in [2.24, 2.45) is 0 Å². The highest BCUT2D eigenvalue weighted by atomic mass is 16.5. The zero-order chi connectivity index (χ0) is 14.9. The fourth-order valence-electron chi connectivity index (χ4n) is 2.35. The van der Waals surface area contributed by atoms with Gasteiger partial charge in [0.15, 0.2) is 0 Å². The minimum Gasteiger partial charge on any atom is -0.489 e. The smallest absolute Gasteiger partial charge is 0.137 e. The van der Waals surface area contributed by atoms with Gasteiger partial charge in [-0.05, 0) is 31.6 Å². The molecule has 0 bridgehead atoms. The van der Waals surface area contributed by atoms with Gasteiger partial charge in [0.25, 0.3) is 0 Å². The highest BCUT2D eigenvalue weighted by molar-refractivity contribution is 5.19. The number of nitrogens with zero attached hydrogens (tertiary/aromatic N) is 2. The van der Waals surface area contributed by atoms with Crippen LogP contribution in [0.15, 0.2) is 18.3 Å². The first-order valence-electron chi connectivity index (χ1n) is 7.94. The first kappa shape index (κ1) is 16.2. The van der Waals surface area contributed by atoms with Crippen LogP contribution >= 0.6 is 0 Å². The van der Waals surface area contributed by atoms with Crippen LogP contribution in [0.1, 0.15) is 26.0 Å². The summed E-state index contributed by atoms with van der Waals surface area (Å²) in [5, 5.41) is 3.34. The maximum atomic E-state index is 5.78. The standard InChI is InChI=1S/C16H27N3O2/c1-3-7-17-10-14-5-6-15(11-18-14)21-13-16-12-19(4-2)8-9-20-16/h5-6,11,16-17H,3-4,7-10,12-13H2,1-2H3. The third-order valence-electron chi connectivity index (χ3n) is 3.64. The van der Waals surface area contributed by atoms with Gasteiger partial charge in [0, 0.05) is 19.6 Å². The van der Waals surface area contributed by atoms with E-state index in [-0.39, 0.29) is 6.10 Å². The summed E-state index contributed by atoms with van der Waals surface area (Å²) < 4.78 is 11.5. The minimum atomic E-state index is 0.157. The lowest BCUT2D eigenvalue weighted by molar-refractivity contribution is -0.0464. The second-order valence-electron chi connectivity index (χ2n) is 5.36. The van der Waals surface area contributed by atoms with Crippen LogP contribution in [-0.2, 0) is 11.3 Å². The molecule has 0 saturated carbocycles. The number of aromatic nitrogens is 1. The van der Waals surface area contributed by atoms with E-state index in [1.165, 1.54) is 0 Å². The molecule has 1 aliphatic heterocycles. The molecule has 1 aromatic rings. The minimum absolute atomic E-state index is 0.157. The summed E-state index contributed by atoms with van der Waals surface area (Å²) in [4.78, 5) is 6.79. The first-order chi connectivity index (χ1) is 10.3. The van der Waals surface area contributed by atoms with E-state index in [2.05, 4.69) is 29.0 Å². The van der Waals surface area contributed by atoms with Gasteiger partial charge in [0.05, 0.1) is 18.5 Å². The second-order valence-corrected chi connectivity index (χ2v) is 5.36. The topological polar surface area (TPSA) is 46.6 Å². The molecule has 0 radical (unpaired) electrons. The molecule has 5 nitrogen and oxygen atoms in total. The molecule has 5 heteroatoms. The van der Waals surface area contributed by atoms with Crippen molar-refractivity contribution in [3.63, 3.8) is 0 Å². The van der Waals surface area contributed by atoms with Crippen LogP contribution in [0.4, 0.5) is 0 Å². The maximum absolute atomic E-state index is 5.78. The summed E-state index contributed by atoms with van der Waals surface area (Å²) in [5.74, 6) is 0.812. The van der Waals surface area contributed by atoms with E-state index >= 15 is 0 Å². The van der Waals surface area contributed by atoms with Crippen molar-refractivity contribution in [3.8, 4) is 5.75 Å². The average molecular weight is 293 g/mol. The molecule has 1 N–H and O–H groups in total. The predicted molar refractivity (Wildman–Crippen MR) is 83.6 cm³/mol. The quantitative estimate of drug-likeness (QED) is 0.739. The Bertz CT molecular complexity index is 397. The Balaban J connectivity index is 1.73. The Morgan fingerprint density at radius 3 is 3.05 bits per heavy atom. The molecule has 1 saturated heterocycles.